The molecular weight excluding hydrogens is 180 g/mol. The molecule has 0 aromatic heterocycles. The van der Waals surface area contributed by atoms with E-state index >= 15 is 0 Å². The summed E-state index contributed by atoms with van der Waals surface area (Å²) in [6, 6.07) is 6.49. The van der Waals surface area contributed by atoms with Crippen LogP contribution in [0.3, 0.4) is 0 Å². The molecule has 0 heterocycles. The van der Waals surface area contributed by atoms with Gasteiger partial charge in [0.15, 0.2) is 0 Å². The van der Waals surface area contributed by atoms with E-state index < -0.39 is 6.04 Å². The SMILES string of the molecule is COc1cccc(OC)c1[C@H](N)C#N. The van der Waals surface area contributed by atoms with Crippen LogP contribution in [0.1, 0.15) is 11.6 Å². The Morgan fingerprint density at radius 2 is 1.79 bits per heavy atom. The van der Waals surface area contributed by atoms with Crippen molar-refractivity contribution < 1.29 is 9.47 Å². The maximum absolute atomic E-state index is 8.74. The van der Waals surface area contributed by atoms with Gasteiger partial charge in [-0.25, -0.2) is 0 Å². The van der Waals surface area contributed by atoms with Gasteiger partial charge in [0.1, 0.15) is 17.5 Å². The van der Waals surface area contributed by atoms with Crippen LogP contribution in [0.15, 0.2) is 18.2 Å². The second kappa shape index (κ2) is 4.49. The molecule has 0 spiro atoms. The summed E-state index contributed by atoms with van der Waals surface area (Å²) in [7, 11) is 3.06. The van der Waals surface area contributed by atoms with Gasteiger partial charge in [-0.1, -0.05) is 6.07 Å². The minimum Gasteiger partial charge on any atom is -0.496 e. The van der Waals surface area contributed by atoms with Gasteiger partial charge in [0.25, 0.3) is 0 Å². The van der Waals surface area contributed by atoms with Gasteiger partial charge in [-0.15, -0.1) is 0 Å². The zero-order chi connectivity index (χ0) is 10.6. The Balaban J connectivity index is 3.27. The molecule has 0 aliphatic heterocycles. The number of rotatable bonds is 3. The average Bonchev–Trinajstić information content (AvgIpc) is 2.26. The van der Waals surface area contributed by atoms with E-state index in [0.29, 0.717) is 17.1 Å². The van der Waals surface area contributed by atoms with Crippen molar-refractivity contribution in [3.8, 4) is 17.6 Å². The van der Waals surface area contributed by atoms with E-state index in [9.17, 15) is 0 Å². The molecule has 1 aromatic carbocycles. The third kappa shape index (κ3) is 1.78. The topological polar surface area (TPSA) is 68.3 Å². The molecule has 4 nitrogen and oxygen atoms in total. The summed E-state index contributed by atoms with van der Waals surface area (Å²) in [5, 5.41) is 8.74. The molecule has 0 saturated carbocycles. The fourth-order valence-electron chi connectivity index (χ4n) is 1.25. The summed E-state index contributed by atoms with van der Waals surface area (Å²) in [6.45, 7) is 0. The second-order valence-electron chi connectivity index (χ2n) is 2.68. The molecule has 0 aliphatic carbocycles. The van der Waals surface area contributed by atoms with Crippen LogP contribution >= 0.6 is 0 Å². The molecule has 0 aliphatic rings. The van der Waals surface area contributed by atoms with Crippen molar-refractivity contribution in [1.29, 1.82) is 5.26 Å². The molecule has 1 atom stereocenters. The Morgan fingerprint density at radius 1 is 1.29 bits per heavy atom. The highest BCUT2D eigenvalue weighted by atomic mass is 16.5. The predicted molar refractivity (Wildman–Crippen MR) is 52.1 cm³/mol. The van der Waals surface area contributed by atoms with Crippen molar-refractivity contribution in [3.05, 3.63) is 23.8 Å². The van der Waals surface area contributed by atoms with Gasteiger partial charge in [0.2, 0.25) is 0 Å². The summed E-state index contributed by atoms with van der Waals surface area (Å²) in [5.74, 6) is 1.14. The van der Waals surface area contributed by atoms with E-state index in [1.54, 1.807) is 18.2 Å². The van der Waals surface area contributed by atoms with Gasteiger partial charge in [0.05, 0.1) is 25.9 Å². The van der Waals surface area contributed by atoms with E-state index in [1.165, 1.54) is 14.2 Å². The molecule has 0 unspecified atom stereocenters. The molecule has 1 rings (SSSR count). The van der Waals surface area contributed by atoms with Crippen molar-refractivity contribution in [3.63, 3.8) is 0 Å². The van der Waals surface area contributed by atoms with Crippen LogP contribution in [0.5, 0.6) is 11.5 Å². The fraction of sp³-hybridized carbons (Fsp3) is 0.300. The predicted octanol–water partition coefficient (Wildman–Crippen LogP) is 1.23. The maximum atomic E-state index is 8.74. The summed E-state index contributed by atoms with van der Waals surface area (Å²) in [4.78, 5) is 0. The van der Waals surface area contributed by atoms with Gasteiger partial charge in [-0.2, -0.15) is 5.26 Å². The lowest BCUT2D eigenvalue weighted by Gasteiger charge is -2.13. The lowest BCUT2D eigenvalue weighted by Crippen LogP contribution is -2.10. The Labute approximate surface area is 82.9 Å². The van der Waals surface area contributed by atoms with E-state index in [2.05, 4.69) is 0 Å². The first-order valence-electron chi connectivity index (χ1n) is 4.10. The zero-order valence-corrected chi connectivity index (χ0v) is 8.15. The number of nitriles is 1. The number of hydrogen-bond donors (Lipinski definition) is 1. The monoisotopic (exact) mass is 192 g/mol. The van der Waals surface area contributed by atoms with Gasteiger partial charge in [0, 0.05) is 0 Å². The molecule has 14 heavy (non-hydrogen) atoms. The first-order chi connectivity index (χ1) is 6.74. The number of methoxy groups -OCH3 is 2. The van der Waals surface area contributed by atoms with E-state index in [1.807, 2.05) is 6.07 Å². The molecular formula is C10H12N2O2. The Bertz CT molecular complexity index is 335. The molecule has 0 radical (unpaired) electrons. The smallest absolute Gasteiger partial charge is 0.128 e. The number of benzene rings is 1. The fourth-order valence-corrected chi connectivity index (χ4v) is 1.25. The van der Waals surface area contributed by atoms with Crippen LogP contribution in [-0.2, 0) is 0 Å². The average molecular weight is 192 g/mol. The Morgan fingerprint density at radius 3 is 2.14 bits per heavy atom. The number of ether oxygens (including phenoxy) is 2. The number of nitrogens with zero attached hydrogens (tertiary/aromatic N) is 1. The Hall–Kier alpha value is -1.73. The minimum absolute atomic E-state index is 0.568. The van der Waals surface area contributed by atoms with Crippen LogP contribution in [0, 0.1) is 11.3 Å². The highest BCUT2D eigenvalue weighted by molar-refractivity contribution is 5.48. The Kier molecular flexibility index (Phi) is 3.32. The molecule has 1 aromatic rings. The van der Waals surface area contributed by atoms with Crippen LogP contribution in [0.2, 0.25) is 0 Å². The molecule has 0 fully saturated rings. The van der Waals surface area contributed by atoms with Gasteiger partial charge in [-0.05, 0) is 12.1 Å². The van der Waals surface area contributed by atoms with E-state index in [4.69, 9.17) is 20.5 Å². The highest BCUT2D eigenvalue weighted by Gasteiger charge is 2.16. The van der Waals surface area contributed by atoms with Gasteiger partial charge in [-0.3, -0.25) is 0 Å². The van der Waals surface area contributed by atoms with Crippen molar-refractivity contribution >= 4 is 0 Å². The summed E-state index contributed by atoms with van der Waals surface area (Å²) >= 11 is 0. The maximum Gasteiger partial charge on any atom is 0.128 e. The van der Waals surface area contributed by atoms with Crippen molar-refractivity contribution in [2.24, 2.45) is 5.73 Å². The van der Waals surface area contributed by atoms with Crippen molar-refractivity contribution in [1.82, 2.24) is 0 Å². The first kappa shape index (κ1) is 10.4. The summed E-state index contributed by atoms with van der Waals surface area (Å²) in [6.07, 6.45) is 0. The molecule has 2 N–H and O–H groups in total. The summed E-state index contributed by atoms with van der Waals surface area (Å²) in [5.41, 5.74) is 6.21. The second-order valence-corrected chi connectivity index (χ2v) is 2.68. The van der Waals surface area contributed by atoms with Crippen molar-refractivity contribution in [2.45, 2.75) is 6.04 Å². The van der Waals surface area contributed by atoms with Crippen LogP contribution < -0.4 is 15.2 Å². The quantitative estimate of drug-likeness (QED) is 0.782. The zero-order valence-electron chi connectivity index (χ0n) is 8.15. The van der Waals surface area contributed by atoms with Crippen LogP contribution in [0.25, 0.3) is 0 Å². The van der Waals surface area contributed by atoms with Gasteiger partial charge < -0.3 is 15.2 Å². The lowest BCUT2D eigenvalue weighted by atomic mass is 10.1. The molecule has 0 saturated heterocycles. The third-order valence-electron chi connectivity index (χ3n) is 1.92. The molecule has 74 valence electrons. The normalized spacial score (nSPS) is 11.6. The standard InChI is InChI=1S/C10H12N2O2/c1-13-8-4-3-5-9(14-2)10(8)7(12)6-11/h3-5,7H,12H2,1-2H3/t7-/m1/s1. The summed E-state index contributed by atoms with van der Waals surface area (Å²) < 4.78 is 10.2. The minimum atomic E-state index is -0.735. The largest absolute Gasteiger partial charge is 0.496 e. The van der Waals surface area contributed by atoms with E-state index in [0.717, 1.165) is 0 Å². The van der Waals surface area contributed by atoms with E-state index in [-0.39, 0.29) is 0 Å². The third-order valence-corrected chi connectivity index (χ3v) is 1.92. The lowest BCUT2D eigenvalue weighted by molar-refractivity contribution is 0.383. The van der Waals surface area contributed by atoms with Crippen LogP contribution in [0.4, 0.5) is 0 Å². The molecule has 0 bridgehead atoms. The molecule has 0 amide bonds. The number of hydrogen-bond acceptors (Lipinski definition) is 4. The molecule has 4 heteroatoms. The highest BCUT2D eigenvalue weighted by Crippen LogP contribution is 2.32. The first-order valence-corrected chi connectivity index (χ1v) is 4.10. The van der Waals surface area contributed by atoms with Gasteiger partial charge >= 0.3 is 0 Å². The van der Waals surface area contributed by atoms with Crippen molar-refractivity contribution in [2.75, 3.05) is 14.2 Å². The van der Waals surface area contributed by atoms with Crippen LogP contribution in [-0.4, -0.2) is 14.2 Å². The number of nitrogens with two attached hydrogens (primary N) is 1.